The maximum Gasteiger partial charge on any atom is 0.417 e. The minimum Gasteiger partial charge on any atom is -0.457 e. The number of anilines is 2. The van der Waals surface area contributed by atoms with Crippen LogP contribution in [0.5, 0.6) is 11.5 Å². The molecule has 10 nitrogen and oxygen atoms in total. The summed E-state index contributed by atoms with van der Waals surface area (Å²) in [6, 6.07) is 6.48. The topological polar surface area (TPSA) is 137 Å². The fraction of sp³-hybridized carbons (Fsp3) is 0.0870. The Balaban J connectivity index is 1.41. The number of nitrogens with zero attached hydrogens (tertiary/aromatic N) is 4. The van der Waals surface area contributed by atoms with Crippen LogP contribution in [0.3, 0.4) is 0 Å². The average molecular weight is 515 g/mol. The number of halogens is 4. The molecule has 0 aliphatic rings. The Labute approximate surface area is 206 Å². The predicted octanol–water partition coefficient (Wildman–Crippen LogP) is 4.42. The molecule has 0 radical (unpaired) electrons. The Morgan fingerprint density at radius 3 is 2.54 bits per heavy atom. The molecule has 0 saturated carbocycles. The van der Waals surface area contributed by atoms with Gasteiger partial charge >= 0.3 is 12.2 Å². The Hall–Kier alpha value is -5.01. The van der Waals surface area contributed by atoms with Crippen LogP contribution in [-0.2, 0) is 17.5 Å². The summed E-state index contributed by atoms with van der Waals surface area (Å²) in [4.78, 5) is 30.8. The SMILES string of the molecule is NC(=O)Cn1cc(-c2cc(Oc3ccc(NC(=O)Nc4cncc(C(F)(F)F)c4)c(F)c3)ccn2)cn1. The van der Waals surface area contributed by atoms with Crippen LogP contribution in [0.4, 0.5) is 33.7 Å². The first-order valence-electron chi connectivity index (χ1n) is 10.4. The molecule has 3 heterocycles. The van der Waals surface area contributed by atoms with Crippen LogP contribution >= 0.6 is 0 Å². The number of aromatic nitrogens is 4. The van der Waals surface area contributed by atoms with Crippen LogP contribution in [0, 0.1) is 5.82 Å². The van der Waals surface area contributed by atoms with Gasteiger partial charge in [0.1, 0.15) is 23.9 Å². The largest absolute Gasteiger partial charge is 0.457 e. The highest BCUT2D eigenvalue weighted by molar-refractivity contribution is 5.99. The van der Waals surface area contributed by atoms with E-state index in [4.69, 9.17) is 10.5 Å². The second-order valence-corrected chi connectivity index (χ2v) is 7.55. The van der Waals surface area contributed by atoms with Crippen LogP contribution < -0.4 is 21.1 Å². The van der Waals surface area contributed by atoms with Crippen molar-refractivity contribution in [2.75, 3.05) is 10.6 Å². The van der Waals surface area contributed by atoms with Crippen molar-refractivity contribution in [1.29, 1.82) is 0 Å². The van der Waals surface area contributed by atoms with Gasteiger partial charge in [0, 0.05) is 36.3 Å². The average Bonchev–Trinajstić information content (AvgIpc) is 3.28. The number of hydrogen-bond acceptors (Lipinski definition) is 6. The van der Waals surface area contributed by atoms with Crippen molar-refractivity contribution < 1.29 is 31.9 Å². The molecule has 4 rings (SSSR count). The molecule has 14 heteroatoms. The quantitative estimate of drug-likeness (QED) is 0.312. The van der Waals surface area contributed by atoms with Crippen molar-refractivity contribution >= 4 is 23.3 Å². The van der Waals surface area contributed by atoms with Gasteiger partial charge < -0.3 is 21.1 Å². The summed E-state index contributed by atoms with van der Waals surface area (Å²) in [5, 5.41) is 8.41. The summed E-state index contributed by atoms with van der Waals surface area (Å²) >= 11 is 0. The molecule has 0 fully saturated rings. The molecule has 0 saturated heterocycles. The van der Waals surface area contributed by atoms with E-state index in [0.29, 0.717) is 29.3 Å². The first kappa shape index (κ1) is 25.1. The lowest BCUT2D eigenvalue weighted by Gasteiger charge is -2.12. The minimum absolute atomic E-state index is 0.0926. The number of alkyl halides is 3. The minimum atomic E-state index is -4.63. The lowest BCUT2D eigenvalue weighted by molar-refractivity contribution is -0.137. The summed E-state index contributed by atoms with van der Waals surface area (Å²) in [5.41, 5.74) is 4.73. The number of amides is 3. The summed E-state index contributed by atoms with van der Waals surface area (Å²) < 4.78 is 60.0. The zero-order chi connectivity index (χ0) is 26.6. The molecular weight excluding hydrogens is 498 g/mol. The van der Waals surface area contributed by atoms with E-state index in [1.54, 1.807) is 12.3 Å². The number of hydrogen-bond donors (Lipinski definition) is 3. The fourth-order valence-corrected chi connectivity index (χ4v) is 3.12. The van der Waals surface area contributed by atoms with Gasteiger partial charge in [-0.1, -0.05) is 0 Å². The van der Waals surface area contributed by atoms with Crippen molar-refractivity contribution in [2.45, 2.75) is 12.7 Å². The first-order chi connectivity index (χ1) is 17.6. The normalized spacial score (nSPS) is 11.1. The van der Waals surface area contributed by atoms with Gasteiger partial charge in [-0.15, -0.1) is 0 Å². The monoisotopic (exact) mass is 515 g/mol. The lowest BCUT2D eigenvalue weighted by Crippen LogP contribution is -2.20. The van der Waals surface area contributed by atoms with Crippen molar-refractivity contribution in [3.8, 4) is 22.8 Å². The van der Waals surface area contributed by atoms with E-state index in [-0.39, 0.29) is 23.7 Å². The van der Waals surface area contributed by atoms with E-state index in [2.05, 4.69) is 25.7 Å². The number of urea groups is 1. The summed E-state index contributed by atoms with van der Waals surface area (Å²) in [5.74, 6) is -0.976. The van der Waals surface area contributed by atoms with E-state index < -0.39 is 29.5 Å². The molecule has 3 aromatic heterocycles. The molecule has 3 amide bonds. The third-order valence-electron chi connectivity index (χ3n) is 4.73. The standard InChI is InChI=1S/C23H17F4N7O3/c24-18-6-16(37-17-3-4-30-20(7-17)13-8-31-34(11-13)12-21(28)35)1-2-19(18)33-22(36)32-15-5-14(9-29-10-15)23(25,26)27/h1-11H,12H2,(H2,28,35)(H2,32,33,36). The number of ether oxygens (including phenoxy) is 1. The smallest absolute Gasteiger partial charge is 0.417 e. The van der Waals surface area contributed by atoms with Gasteiger partial charge in [-0.25, -0.2) is 9.18 Å². The molecule has 1 aromatic carbocycles. The Morgan fingerprint density at radius 2 is 1.81 bits per heavy atom. The fourth-order valence-electron chi connectivity index (χ4n) is 3.12. The van der Waals surface area contributed by atoms with Gasteiger partial charge in [-0.05, 0) is 24.3 Å². The van der Waals surface area contributed by atoms with Crippen LogP contribution in [0.15, 0.2) is 67.4 Å². The Bertz CT molecular complexity index is 1460. The third kappa shape index (κ3) is 6.56. The van der Waals surface area contributed by atoms with E-state index in [0.717, 1.165) is 12.3 Å². The number of benzene rings is 1. The molecule has 0 bridgehead atoms. The van der Waals surface area contributed by atoms with E-state index >= 15 is 0 Å². The molecular formula is C23H17F4N7O3. The summed E-state index contributed by atoms with van der Waals surface area (Å²) in [6.45, 7) is -0.0926. The molecule has 0 atom stereocenters. The van der Waals surface area contributed by atoms with Gasteiger partial charge in [0.05, 0.1) is 35.0 Å². The number of nitrogens with one attached hydrogen (secondary N) is 2. The van der Waals surface area contributed by atoms with E-state index in [9.17, 15) is 27.2 Å². The molecule has 0 unspecified atom stereocenters. The van der Waals surface area contributed by atoms with Crippen LogP contribution in [-0.4, -0.2) is 31.7 Å². The molecule has 0 aliphatic heterocycles. The second kappa shape index (κ2) is 10.3. The molecule has 37 heavy (non-hydrogen) atoms. The molecule has 0 aliphatic carbocycles. The number of nitrogens with two attached hydrogens (primary N) is 1. The van der Waals surface area contributed by atoms with E-state index in [1.807, 2.05) is 0 Å². The van der Waals surface area contributed by atoms with E-state index in [1.165, 1.54) is 35.3 Å². The van der Waals surface area contributed by atoms with Gasteiger partial charge in [-0.3, -0.25) is 19.4 Å². The number of primary amides is 1. The van der Waals surface area contributed by atoms with Gasteiger partial charge in [0.2, 0.25) is 5.91 Å². The van der Waals surface area contributed by atoms with Gasteiger partial charge in [0.15, 0.2) is 0 Å². The van der Waals surface area contributed by atoms with Crippen molar-refractivity contribution in [2.24, 2.45) is 5.73 Å². The molecule has 0 spiro atoms. The molecule has 4 N–H and O–H groups in total. The van der Waals surface area contributed by atoms with Crippen LogP contribution in [0.1, 0.15) is 5.56 Å². The highest BCUT2D eigenvalue weighted by atomic mass is 19.4. The van der Waals surface area contributed by atoms with Gasteiger partial charge in [-0.2, -0.15) is 18.3 Å². The van der Waals surface area contributed by atoms with Crippen molar-refractivity contribution in [3.63, 3.8) is 0 Å². The highest BCUT2D eigenvalue weighted by Gasteiger charge is 2.31. The second-order valence-electron chi connectivity index (χ2n) is 7.55. The number of carbonyl (C=O) groups excluding carboxylic acids is 2. The Morgan fingerprint density at radius 1 is 1.03 bits per heavy atom. The number of rotatable bonds is 7. The van der Waals surface area contributed by atoms with Crippen LogP contribution in [0.2, 0.25) is 0 Å². The number of pyridine rings is 2. The lowest BCUT2D eigenvalue weighted by atomic mass is 10.2. The van der Waals surface area contributed by atoms with Crippen molar-refractivity contribution in [1.82, 2.24) is 19.7 Å². The van der Waals surface area contributed by atoms with Crippen LogP contribution in [0.25, 0.3) is 11.3 Å². The number of carbonyl (C=O) groups is 2. The Kier molecular flexibility index (Phi) is 6.99. The third-order valence-corrected chi connectivity index (χ3v) is 4.73. The maximum atomic E-state index is 14.6. The first-order valence-corrected chi connectivity index (χ1v) is 10.4. The zero-order valence-electron chi connectivity index (χ0n) is 18.7. The molecule has 4 aromatic rings. The summed E-state index contributed by atoms with van der Waals surface area (Å²) in [6.07, 6.45) is 1.55. The molecule has 190 valence electrons. The maximum absolute atomic E-state index is 14.6. The van der Waals surface area contributed by atoms with Crippen molar-refractivity contribution in [3.05, 3.63) is 78.8 Å². The highest BCUT2D eigenvalue weighted by Crippen LogP contribution is 2.30. The van der Waals surface area contributed by atoms with Gasteiger partial charge in [0.25, 0.3) is 0 Å². The summed E-state index contributed by atoms with van der Waals surface area (Å²) in [7, 11) is 0. The zero-order valence-corrected chi connectivity index (χ0v) is 18.7. The predicted molar refractivity (Wildman–Crippen MR) is 123 cm³/mol.